The predicted molar refractivity (Wildman–Crippen MR) is 130 cm³/mol. The molecule has 4 rings (SSSR count). The summed E-state index contributed by atoms with van der Waals surface area (Å²) in [4.78, 5) is 39.2. The van der Waals surface area contributed by atoms with Crippen molar-refractivity contribution < 1.29 is 29.0 Å². The number of amides is 2. The number of alkyl carbamates (subject to hydrolysis) is 1. The van der Waals surface area contributed by atoms with E-state index < -0.39 is 24.1 Å². The number of ether oxygens (including phenoxy) is 2. The number of carbonyl (C=O) groups excluding carboxylic acids is 2. The van der Waals surface area contributed by atoms with E-state index in [1.165, 1.54) is 4.90 Å². The summed E-state index contributed by atoms with van der Waals surface area (Å²) in [6.07, 6.45) is 2.10. The highest BCUT2D eigenvalue weighted by atomic mass is 16.5. The van der Waals surface area contributed by atoms with Gasteiger partial charge in [0.05, 0.1) is 0 Å². The molecule has 2 N–H and O–H groups in total. The Bertz CT molecular complexity index is 1030. The maximum Gasteiger partial charge on any atom is 0.407 e. The summed E-state index contributed by atoms with van der Waals surface area (Å²) in [6, 6.07) is 14.4. The smallest absolute Gasteiger partial charge is 0.407 e. The molecule has 1 unspecified atom stereocenters. The van der Waals surface area contributed by atoms with Gasteiger partial charge >= 0.3 is 12.1 Å². The number of hydrogen-bond donors (Lipinski definition) is 2. The van der Waals surface area contributed by atoms with Gasteiger partial charge in [-0.05, 0) is 54.4 Å². The number of nitrogens with one attached hydrogen (secondary N) is 1. The molecule has 0 saturated carbocycles. The minimum absolute atomic E-state index is 0.0886. The number of rotatable bonds is 9. The van der Waals surface area contributed by atoms with Crippen molar-refractivity contribution in [3.63, 3.8) is 0 Å². The van der Waals surface area contributed by atoms with Gasteiger partial charge in [0, 0.05) is 26.2 Å². The number of likely N-dealkylation sites (tertiary alicyclic amines) is 1. The molecule has 2 aliphatic rings. The lowest BCUT2D eigenvalue weighted by molar-refractivity contribution is -0.153. The zero-order chi connectivity index (χ0) is 24.8. The van der Waals surface area contributed by atoms with Gasteiger partial charge in [0.1, 0.15) is 18.7 Å². The van der Waals surface area contributed by atoms with Crippen LogP contribution < -0.4 is 5.32 Å². The topological polar surface area (TPSA) is 105 Å². The number of aliphatic carboxylic acids is 1. The number of nitrogens with zero attached hydrogens (tertiary/aromatic N) is 1. The van der Waals surface area contributed by atoms with Crippen molar-refractivity contribution in [3.05, 3.63) is 59.7 Å². The summed E-state index contributed by atoms with van der Waals surface area (Å²) in [5.41, 5.74) is 4.47. The Kier molecular flexibility index (Phi) is 8.02. The van der Waals surface area contributed by atoms with E-state index >= 15 is 0 Å². The molecule has 0 spiro atoms. The molecular formula is C27H32N2O6. The van der Waals surface area contributed by atoms with E-state index in [-0.39, 0.29) is 18.4 Å². The first kappa shape index (κ1) is 24.7. The van der Waals surface area contributed by atoms with Crippen molar-refractivity contribution in [3.8, 4) is 11.1 Å². The van der Waals surface area contributed by atoms with Gasteiger partial charge in [-0.15, -0.1) is 0 Å². The number of methoxy groups -OCH3 is 1. The summed E-state index contributed by atoms with van der Waals surface area (Å²) in [5, 5.41) is 12.3. The van der Waals surface area contributed by atoms with E-state index in [1.807, 2.05) is 36.4 Å². The zero-order valence-corrected chi connectivity index (χ0v) is 19.9. The van der Waals surface area contributed by atoms with Crippen molar-refractivity contribution >= 4 is 18.0 Å². The Morgan fingerprint density at radius 2 is 1.71 bits per heavy atom. The average molecular weight is 481 g/mol. The van der Waals surface area contributed by atoms with Crippen LogP contribution in [0.5, 0.6) is 0 Å². The van der Waals surface area contributed by atoms with E-state index in [1.54, 1.807) is 7.11 Å². The van der Waals surface area contributed by atoms with Crippen LogP contribution in [0.1, 0.15) is 49.1 Å². The summed E-state index contributed by atoms with van der Waals surface area (Å²) in [7, 11) is 1.57. The number of carboxylic acids is 1. The Labute approximate surface area is 205 Å². The predicted octanol–water partition coefficient (Wildman–Crippen LogP) is 3.79. The van der Waals surface area contributed by atoms with Gasteiger partial charge in [-0.1, -0.05) is 48.5 Å². The van der Waals surface area contributed by atoms with Gasteiger partial charge in [-0.2, -0.15) is 0 Å². The molecule has 0 bridgehead atoms. The third-order valence-electron chi connectivity index (χ3n) is 6.85. The van der Waals surface area contributed by atoms with Crippen LogP contribution in [-0.4, -0.2) is 66.9 Å². The minimum Gasteiger partial charge on any atom is -0.480 e. The number of fused-ring (bicyclic) bond motifs is 3. The lowest BCUT2D eigenvalue weighted by Crippen LogP contribution is -2.55. The largest absolute Gasteiger partial charge is 0.480 e. The van der Waals surface area contributed by atoms with Crippen LogP contribution in [0.3, 0.4) is 0 Å². The number of carbonyl (C=O) groups is 3. The number of carboxylic acid groups (broad SMARTS) is 1. The third-order valence-corrected chi connectivity index (χ3v) is 6.85. The molecule has 1 fully saturated rings. The van der Waals surface area contributed by atoms with Crippen LogP contribution in [0.15, 0.2) is 48.5 Å². The summed E-state index contributed by atoms with van der Waals surface area (Å²) < 4.78 is 10.7. The summed E-state index contributed by atoms with van der Waals surface area (Å²) in [6.45, 7) is 0.932. The second-order valence-electron chi connectivity index (χ2n) is 9.04. The Morgan fingerprint density at radius 1 is 1.06 bits per heavy atom. The number of hydrogen-bond acceptors (Lipinski definition) is 5. The number of benzene rings is 2. The van der Waals surface area contributed by atoms with Gasteiger partial charge < -0.3 is 24.8 Å². The Balaban J connectivity index is 1.44. The second kappa shape index (κ2) is 11.4. The fourth-order valence-corrected chi connectivity index (χ4v) is 5.12. The maximum absolute atomic E-state index is 13.3. The quantitative estimate of drug-likeness (QED) is 0.529. The molecular weight excluding hydrogens is 448 g/mol. The average Bonchev–Trinajstić information content (AvgIpc) is 3.20. The molecule has 0 aromatic heterocycles. The van der Waals surface area contributed by atoms with Gasteiger partial charge in [-0.25, -0.2) is 9.59 Å². The molecule has 0 radical (unpaired) electrons. The molecule has 1 heterocycles. The van der Waals surface area contributed by atoms with E-state index in [0.29, 0.717) is 32.4 Å². The van der Waals surface area contributed by atoms with Gasteiger partial charge in [0.2, 0.25) is 5.91 Å². The molecule has 2 amide bonds. The molecule has 186 valence electrons. The fraction of sp³-hybridized carbons (Fsp3) is 0.444. The van der Waals surface area contributed by atoms with Gasteiger partial charge in [0.25, 0.3) is 0 Å². The molecule has 2 aromatic carbocycles. The van der Waals surface area contributed by atoms with Crippen molar-refractivity contribution in [1.29, 1.82) is 0 Å². The van der Waals surface area contributed by atoms with Crippen LogP contribution in [0, 0.1) is 0 Å². The number of piperidine rings is 1. The molecule has 2 aromatic rings. The Hall–Kier alpha value is -3.39. The summed E-state index contributed by atoms with van der Waals surface area (Å²) >= 11 is 0. The SMILES string of the molecule is COCCCC(NC(=O)OCC1c2ccccc2-c2ccccc21)C(=O)N1CCCC[C@@H]1C(=O)O. The van der Waals surface area contributed by atoms with Crippen LogP contribution in [0.2, 0.25) is 0 Å². The van der Waals surface area contributed by atoms with Crippen molar-refractivity contribution in [2.75, 3.05) is 26.9 Å². The fourth-order valence-electron chi connectivity index (χ4n) is 5.12. The lowest BCUT2D eigenvalue weighted by Gasteiger charge is -2.35. The van der Waals surface area contributed by atoms with E-state index in [4.69, 9.17) is 9.47 Å². The monoisotopic (exact) mass is 480 g/mol. The van der Waals surface area contributed by atoms with Crippen molar-refractivity contribution in [2.45, 2.75) is 50.1 Å². The molecule has 35 heavy (non-hydrogen) atoms. The van der Waals surface area contributed by atoms with Gasteiger partial charge in [-0.3, -0.25) is 4.79 Å². The molecule has 1 aliphatic carbocycles. The van der Waals surface area contributed by atoms with E-state index in [0.717, 1.165) is 35.1 Å². The molecule has 2 atom stereocenters. The normalized spacial score (nSPS) is 17.9. The van der Waals surface area contributed by atoms with Crippen LogP contribution in [0.4, 0.5) is 4.79 Å². The van der Waals surface area contributed by atoms with Crippen LogP contribution >= 0.6 is 0 Å². The zero-order valence-electron chi connectivity index (χ0n) is 19.9. The van der Waals surface area contributed by atoms with Crippen LogP contribution in [-0.2, 0) is 19.1 Å². The van der Waals surface area contributed by atoms with Gasteiger partial charge in [0.15, 0.2) is 0 Å². The van der Waals surface area contributed by atoms with Crippen LogP contribution in [0.25, 0.3) is 11.1 Å². The third kappa shape index (κ3) is 5.48. The first-order valence-corrected chi connectivity index (χ1v) is 12.1. The molecule has 1 aliphatic heterocycles. The first-order chi connectivity index (χ1) is 17.0. The first-order valence-electron chi connectivity index (χ1n) is 12.1. The lowest BCUT2D eigenvalue weighted by atomic mass is 9.98. The van der Waals surface area contributed by atoms with Crippen molar-refractivity contribution in [1.82, 2.24) is 10.2 Å². The molecule has 8 nitrogen and oxygen atoms in total. The highest BCUT2D eigenvalue weighted by Crippen LogP contribution is 2.44. The second-order valence-corrected chi connectivity index (χ2v) is 9.04. The van der Waals surface area contributed by atoms with Crippen molar-refractivity contribution in [2.24, 2.45) is 0 Å². The highest BCUT2D eigenvalue weighted by molar-refractivity contribution is 5.89. The molecule has 8 heteroatoms. The highest BCUT2D eigenvalue weighted by Gasteiger charge is 2.36. The van der Waals surface area contributed by atoms with E-state index in [9.17, 15) is 19.5 Å². The molecule has 1 saturated heterocycles. The van der Waals surface area contributed by atoms with E-state index in [2.05, 4.69) is 17.4 Å². The minimum atomic E-state index is -1.02. The standard InChI is InChI=1S/C27H32N2O6/c1-34-16-8-13-23(25(30)29-15-7-6-14-24(29)26(31)32)28-27(33)35-17-22-20-11-4-2-9-18(20)19-10-3-5-12-21(19)22/h2-5,9-12,22-24H,6-8,13-17H2,1H3,(H,28,33)(H,31,32)/t23?,24-/m1/s1. The summed E-state index contributed by atoms with van der Waals surface area (Å²) in [5.74, 6) is -1.49. The maximum atomic E-state index is 13.3. The Morgan fingerprint density at radius 3 is 2.34 bits per heavy atom.